The molecule has 0 spiro atoms. The van der Waals surface area contributed by atoms with Crippen LogP contribution < -0.4 is 0 Å². The number of furan rings is 3. The van der Waals surface area contributed by atoms with Gasteiger partial charge in [-0.1, -0.05) is 133 Å². The zero-order valence-electron chi connectivity index (χ0n) is 89.0. The van der Waals surface area contributed by atoms with Gasteiger partial charge in [0.05, 0.1) is 16.7 Å². The molecule has 6 aromatic carbocycles. The van der Waals surface area contributed by atoms with Gasteiger partial charge in [0.1, 0.15) is 0 Å². The van der Waals surface area contributed by atoms with Crippen LogP contribution in [0, 0.1) is 98.3 Å². The van der Waals surface area contributed by atoms with Crippen LogP contribution in [0.25, 0.3) is 134 Å². The third-order valence-electron chi connectivity index (χ3n) is 19.3. The third kappa shape index (κ3) is 20.7. The summed E-state index contributed by atoms with van der Waals surface area (Å²) in [6, 6.07) is 78.2. The predicted octanol–water partition coefficient (Wildman–Crippen LogP) is 26.6. The molecule has 1 aliphatic carbocycles. The summed E-state index contributed by atoms with van der Waals surface area (Å²) in [5, 5.41) is 5.23. The maximum atomic E-state index is 8.95. The molecule has 1 atom stereocenters. The second-order valence-electron chi connectivity index (χ2n) is 27.2. The van der Waals surface area contributed by atoms with E-state index >= 15 is 0 Å². The van der Waals surface area contributed by atoms with Gasteiger partial charge in [-0.2, -0.15) is 0 Å². The maximum Gasteiger partial charge on any atom is 0.216 e. The Morgan fingerprint density at radius 3 is 1.14 bits per heavy atom. The van der Waals surface area contributed by atoms with E-state index in [1.807, 2.05) is 150 Å². The van der Waals surface area contributed by atoms with Crippen LogP contribution in [0.4, 0.5) is 0 Å². The molecule has 0 amide bonds. The molecule has 3 radical (unpaired) electrons. The second kappa shape index (κ2) is 40.9. The van der Waals surface area contributed by atoms with Crippen LogP contribution in [0.5, 0.6) is 0 Å². The van der Waals surface area contributed by atoms with Gasteiger partial charge in [0, 0.05) is 164 Å². The summed E-state index contributed by atoms with van der Waals surface area (Å²) >= 11 is 0. The molecule has 0 N–H and O–H groups in total. The van der Waals surface area contributed by atoms with E-state index in [1.165, 1.54) is 44.0 Å². The predicted molar refractivity (Wildman–Crippen MR) is 468 cm³/mol. The minimum atomic E-state index is -2.73. The Balaban J connectivity index is 0.000000166. The van der Waals surface area contributed by atoms with E-state index < -0.39 is 65.6 Å². The molecule has 1 unspecified atom stereocenters. The Morgan fingerprint density at radius 2 is 0.780 bits per heavy atom. The first-order valence-corrected chi connectivity index (χ1v) is 37.4. The van der Waals surface area contributed by atoms with Gasteiger partial charge in [0.2, 0.25) is 17.1 Å². The number of aryl methyl sites for hydroxylation is 9. The summed E-state index contributed by atoms with van der Waals surface area (Å²) in [5.41, 5.74) is 15.3. The van der Waals surface area contributed by atoms with Crippen molar-refractivity contribution in [1.29, 1.82) is 0 Å². The van der Waals surface area contributed by atoms with E-state index in [0.717, 1.165) is 102 Å². The Morgan fingerprint density at radius 1 is 0.390 bits per heavy atom. The Kier molecular flexibility index (Phi) is 21.0. The van der Waals surface area contributed by atoms with Gasteiger partial charge < -0.3 is 43.2 Å². The van der Waals surface area contributed by atoms with Crippen LogP contribution in [-0.2, 0) is 60.3 Å². The van der Waals surface area contributed by atoms with Gasteiger partial charge in [0.25, 0.3) is 0 Å². The Labute approximate surface area is 767 Å². The average molecular weight is 2110 g/mol. The fourth-order valence-electron chi connectivity index (χ4n) is 13.4. The van der Waals surface area contributed by atoms with Crippen molar-refractivity contribution in [3.05, 3.63) is 341 Å². The molecule has 1 aliphatic rings. The number of aromatic nitrogens is 9. The third-order valence-corrected chi connectivity index (χ3v) is 19.3. The van der Waals surface area contributed by atoms with Gasteiger partial charge >= 0.3 is 0 Å². The molecular formula is C103H93Ir3N9O3-6. The molecule has 1 fully saturated rings. The normalized spacial score (nSPS) is 16.2. The first-order valence-electron chi connectivity index (χ1n) is 49.4. The second-order valence-corrected chi connectivity index (χ2v) is 27.2. The minimum absolute atomic E-state index is 0. The van der Waals surface area contributed by atoms with Crippen molar-refractivity contribution in [1.82, 2.24) is 44.9 Å². The molecule has 12 nitrogen and oxygen atoms in total. The summed E-state index contributed by atoms with van der Waals surface area (Å²) in [4.78, 5) is 38.9. The van der Waals surface area contributed by atoms with Crippen molar-refractivity contribution >= 4 is 66.2 Å². The first kappa shape index (κ1) is 60.5. The first-order chi connectivity index (χ1) is 65.5. The molecule has 18 aromatic rings. The topological polar surface area (TPSA) is 155 Å². The zero-order chi connectivity index (χ0) is 100. The standard InChI is InChI=1S/C23H21N2O.C23H23N2O.C21H19N2O.3C12H10N.3Ir/c1-14-13-24-21(12-20(14)16-6-3-4-7-16)19-9-5-8-17-18-11-10-15(2)25-23(18)26-22(17)19;1-5-16(6-2)20-12-21(24-13-14(20)3)19-9-7-8-17-18-11-10-15(4)25-23(18)26-22(17)19;1-12(2)18-11-22-19(10-13(18)3)17-7-5-6-15-16-9-8-14(4)23-21(16)24-20(15)17;3*1-10-7-8-12(13-9-10)11-5-3-2-4-6-11;;;/h5,8,10-13,16H,3-4,6-7H2,1-2H3;7-8,10-13,16H,5-6H2,1-4H3;5-6,8-12H,1-4H3;3*2-5,7-9H,1H3;;;/q6*-1;;;/i1D3,16D;3D3,16D;1D3,3D3,12D;3*1D3;;;. The number of nitrogens with zero attached hydrogens (tertiary/aromatic N) is 9. The molecule has 601 valence electrons. The molecule has 15 heteroatoms. The maximum absolute atomic E-state index is 8.95. The smallest absolute Gasteiger partial charge is 0.216 e. The van der Waals surface area contributed by atoms with Crippen LogP contribution in [0.3, 0.4) is 0 Å². The number of hydrogen-bond acceptors (Lipinski definition) is 12. The van der Waals surface area contributed by atoms with Crippen molar-refractivity contribution in [3.63, 3.8) is 0 Å². The molecule has 19 rings (SSSR count). The molecule has 12 aromatic heterocycles. The van der Waals surface area contributed by atoms with Gasteiger partial charge in [-0.3, -0.25) is 0 Å². The summed E-state index contributed by atoms with van der Waals surface area (Å²) < 4.78 is 204. The number of fused-ring (bicyclic) bond motifs is 9. The van der Waals surface area contributed by atoms with Crippen molar-refractivity contribution in [2.75, 3.05) is 0 Å². The monoisotopic (exact) mass is 2110 g/mol. The number of benzene rings is 6. The summed E-state index contributed by atoms with van der Waals surface area (Å²) in [6.07, 6.45) is 12.3. The summed E-state index contributed by atoms with van der Waals surface area (Å²) in [7, 11) is 0. The van der Waals surface area contributed by atoms with Crippen LogP contribution in [0.2, 0.25) is 0 Å². The van der Waals surface area contributed by atoms with Crippen LogP contribution in [-0.4, -0.2) is 44.9 Å². The van der Waals surface area contributed by atoms with E-state index in [9.17, 15) is 0 Å². The van der Waals surface area contributed by atoms with E-state index in [-0.39, 0.29) is 105 Å². The van der Waals surface area contributed by atoms with Crippen molar-refractivity contribution in [3.8, 4) is 67.5 Å². The molecule has 12 heterocycles. The molecular weight excluding hydrogens is 1990 g/mol. The molecule has 0 bridgehead atoms. The van der Waals surface area contributed by atoms with Crippen LogP contribution >= 0.6 is 0 Å². The van der Waals surface area contributed by atoms with E-state index in [1.54, 1.807) is 78.9 Å². The Hall–Kier alpha value is -11.0. The van der Waals surface area contributed by atoms with Crippen molar-refractivity contribution < 1.29 is 106 Å². The molecule has 1 saturated carbocycles. The SMILES string of the molecule is [2H]C([2H])([2H])c1cc(-c2[c-]ccc3c2oc2nc(C)ccc23)ncc1C([2H])(C)C([2H])([2H])[2H].[2H]C([2H])([2H])c1ccc(-c2[c-]cccc2)nc1.[2H]C([2H])([2H])c1ccc(-c2[c-]cccc2)nc1.[2H]C([2H])([2H])c1ccc(-c2[c-]cccc2)nc1.[2H]C([2H])([2H])c1cnc(-c2[c-]ccc3c2oc2nc(C)ccc23)cc1C([2H])(CC)CC.[2H]C([2H])([2H])c1cnc(-c2[c-]ccc3c2oc2nc(C)ccc23)cc1C1([2H])CCCC1.[Ir].[Ir].[Ir]. The minimum Gasteiger partial charge on any atom is -0.486 e. The number of hydrogen-bond donors (Lipinski definition) is 0. The summed E-state index contributed by atoms with van der Waals surface area (Å²) in [5.74, 6) is -4.05. The largest absolute Gasteiger partial charge is 0.486 e. The number of rotatable bonds is 11. The average Bonchev–Trinajstić information content (AvgIpc) is 1.22. The van der Waals surface area contributed by atoms with E-state index in [0.29, 0.717) is 98.8 Å². The number of pyridine rings is 9. The molecule has 118 heavy (non-hydrogen) atoms. The van der Waals surface area contributed by atoms with Crippen LogP contribution in [0.1, 0.15) is 184 Å². The Bertz CT molecular complexity index is 6990. The van der Waals surface area contributed by atoms with E-state index in [2.05, 4.69) is 81.3 Å². The fraction of sp³-hybridized carbons (Fsp3) is 0.214. The van der Waals surface area contributed by atoms with Gasteiger partial charge in [0.15, 0.2) is 0 Å². The fourth-order valence-corrected chi connectivity index (χ4v) is 13.4. The van der Waals surface area contributed by atoms with E-state index in [4.69, 9.17) is 46.1 Å². The quantitative estimate of drug-likeness (QED) is 0.113. The summed E-state index contributed by atoms with van der Waals surface area (Å²) in [6.45, 7) is -5.64. The van der Waals surface area contributed by atoms with Crippen LogP contribution in [0.15, 0.2) is 251 Å². The zero-order valence-corrected chi connectivity index (χ0v) is 72.2. The van der Waals surface area contributed by atoms with Crippen molar-refractivity contribution in [2.45, 2.75) is 146 Å². The van der Waals surface area contributed by atoms with Gasteiger partial charge in [-0.05, 0) is 220 Å². The molecule has 0 aliphatic heterocycles. The van der Waals surface area contributed by atoms with Gasteiger partial charge in [-0.15, -0.1) is 162 Å². The molecule has 0 saturated heterocycles. The van der Waals surface area contributed by atoms with Gasteiger partial charge in [-0.25, -0.2) is 15.0 Å². The van der Waals surface area contributed by atoms with Crippen molar-refractivity contribution in [2.24, 2.45) is 0 Å².